The molecule has 7 heteroatoms. The molecule has 0 spiro atoms. The van der Waals surface area contributed by atoms with Gasteiger partial charge in [0.2, 0.25) is 0 Å². The van der Waals surface area contributed by atoms with E-state index in [1.807, 2.05) is 48.5 Å². The third-order valence-corrected chi connectivity index (χ3v) is 5.07. The second-order valence-electron chi connectivity index (χ2n) is 6.06. The van der Waals surface area contributed by atoms with Crippen molar-refractivity contribution in [2.75, 3.05) is 5.32 Å². The van der Waals surface area contributed by atoms with Gasteiger partial charge in [0, 0.05) is 29.1 Å². The summed E-state index contributed by atoms with van der Waals surface area (Å²) >= 11 is 1.57. The number of benzene rings is 3. The van der Waals surface area contributed by atoms with Crippen LogP contribution in [0, 0.1) is 10.1 Å². The van der Waals surface area contributed by atoms with Crippen LogP contribution in [0.25, 0.3) is 0 Å². The Kier molecular flexibility index (Phi) is 5.16. The van der Waals surface area contributed by atoms with Crippen molar-refractivity contribution in [2.24, 2.45) is 9.98 Å². The molecule has 0 amide bonds. The number of thioether (sulfide) groups is 1. The molecular formula is C21H16N4O2S. The Morgan fingerprint density at radius 3 is 2.36 bits per heavy atom. The first-order valence-corrected chi connectivity index (χ1v) is 9.62. The zero-order valence-electron chi connectivity index (χ0n) is 14.8. The van der Waals surface area contributed by atoms with Crippen molar-refractivity contribution >= 4 is 39.8 Å². The van der Waals surface area contributed by atoms with E-state index < -0.39 is 4.92 Å². The number of nitrogens with zero attached hydrogens (tertiary/aromatic N) is 3. The second kappa shape index (κ2) is 8.06. The predicted octanol–water partition coefficient (Wildman–Crippen LogP) is 5.39. The number of rotatable bonds is 3. The van der Waals surface area contributed by atoms with Crippen LogP contribution in [0.1, 0.15) is 11.1 Å². The molecule has 0 bridgehead atoms. The maximum atomic E-state index is 10.8. The highest BCUT2D eigenvalue weighted by Gasteiger charge is 2.14. The number of hydrogen-bond donors (Lipinski definition) is 1. The fourth-order valence-corrected chi connectivity index (χ4v) is 3.60. The predicted molar refractivity (Wildman–Crippen MR) is 115 cm³/mol. The maximum Gasteiger partial charge on any atom is 0.269 e. The van der Waals surface area contributed by atoms with Crippen LogP contribution in [-0.4, -0.2) is 15.9 Å². The van der Waals surface area contributed by atoms with E-state index in [0.717, 1.165) is 28.3 Å². The van der Waals surface area contributed by atoms with E-state index in [9.17, 15) is 10.1 Å². The molecule has 0 radical (unpaired) electrons. The molecule has 0 unspecified atom stereocenters. The lowest BCUT2D eigenvalue weighted by atomic mass is 10.2. The molecule has 28 heavy (non-hydrogen) atoms. The summed E-state index contributed by atoms with van der Waals surface area (Å²) in [6, 6.07) is 24.1. The summed E-state index contributed by atoms with van der Waals surface area (Å²) in [5, 5.41) is 14.8. The summed E-state index contributed by atoms with van der Waals surface area (Å²) in [5.41, 5.74) is 3.74. The normalized spacial score (nSPS) is 13.4. The van der Waals surface area contributed by atoms with Gasteiger partial charge < -0.3 is 5.32 Å². The Morgan fingerprint density at radius 2 is 1.61 bits per heavy atom. The van der Waals surface area contributed by atoms with E-state index in [-0.39, 0.29) is 5.69 Å². The molecule has 1 aliphatic rings. The molecule has 0 aliphatic carbocycles. The van der Waals surface area contributed by atoms with Crippen LogP contribution in [0.4, 0.5) is 17.1 Å². The molecule has 0 saturated carbocycles. The van der Waals surface area contributed by atoms with Crippen molar-refractivity contribution in [3.63, 3.8) is 0 Å². The number of anilines is 1. The molecule has 0 fully saturated rings. The summed E-state index contributed by atoms with van der Waals surface area (Å²) in [6.07, 6.45) is 0. The number of amidine groups is 2. The summed E-state index contributed by atoms with van der Waals surface area (Å²) in [5.74, 6) is 1.34. The minimum atomic E-state index is -0.414. The molecule has 0 aromatic heterocycles. The maximum absolute atomic E-state index is 10.8. The fraction of sp³-hybridized carbons (Fsp3) is 0.0476. The summed E-state index contributed by atoms with van der Waals surface area (Å²) in [4.78, 5) is 20.0. The fourth-order valence-electron chi connectivity index (χ4n) is 2.73. The minimum absolute atomic E-state index is 0.0540. The Bertz CT molecular complexity index is 1060. The van der Waals surface area contributed by atoms with E-state index in [0.29, 0.717) is 11.0 Å². The van der Waals surface area contributed by atoms with E-state index in [1.54, 1.807) is 23.9 Å². The topological polar surface area (TPSA) is 79.9 Å². The van der Waals surface area contributed by atoms with Crippen molar-refractivity contribution in [1.82, 2.24) is 0 Å². The van der Waals surface area contributed by atoms with Crippen LogP contribution in [0.15, 0.2) is 88.8 Å². The van der Waals surface area contributed by atoms with Gasteiger partial charge in [0.15, 0.2) is 11.0 Å². The second-order valence-corrected chi connectivity index (χ2v) is 7.03. The number of nitro groups is 1. The van der Waals surface area contributed by atoms with Crippen LogP contribution < -0.4 is 5.32 Å². The first-order chi connectivity index (χ1) is 13.7. The van der Waals surface area contributed by atoms with Gasteiger partial charge in [-0.15, -0.1) is 0 Å². The third-order valence-electron chi connectivity index (χ3n) is 4.15. The van der Waals surface area contributed by atoms with Gasteiger partial charge >= 0.3 is 0 Å². The van der Waals surface area contributed by atoms with Gasteiger partial charge in [-0.2, -0.15) is 0 Å². The first-order valence-electron chi connectivity index (χ1n) is 8.64. The molecule has 1 heterocycles. The molecule has 3 aromatic carbocycles. The Labute approximate surface area is 166 Å². The lowest BCUT2D eigenvalue weighted by Gasteiger charge is -2.15. The standard InChI is InChI=1S/C21H16N4O2S/c26-25(27)18-12-10-17(11-13-18)22-21-24-20(15-6-2-1-3-7-15)23-19-9-5-4-8-16(19)14-28-21/h1-13H,14H2,(H,22,23,24). The highest BCUT2D eigenvalue weighted by atomic mass is 32.2. The summed E-state index contributed by atoms with van der Waals surface area (Å²) in [6.45, 7) is 0. The zero-order chi connectivity index (χ0) is 19.3. The van der Waals surface area contributed by atoms with Gasteiger partial charge in [-0.1, -0.05) is 60.3 Å². The Morgan fingerprint density at radius 1 is 0.893 bits per heavy atom. The molecule has 0 atom stereocenters. The molecule has 0 saturated heterocycles. The van der Waals surface area contributed by atoms with Gasteiger partial charge in [-0.05, 0) is 23.8 Å². The number of nitrogens with one attached hydrogen (secondary N) is 1. The van der Waals surface area contributed by atoms with Crippen molar-refractivity contribution < 1.29 is 4.92 Å². The van der Waals surface area contributed by atoms with Crippen LogP contribution >= 0.6 is 11.8 Å². The number of non-ortho nitro benzene ring substituents is 1. The molecule has 6 nitrogen and oxygen atoms in total. The zero-order valence-corrected chi connectivity index (χ0v) is 15.6. The van der Waals surface area contributed by atoms with E-state index in [2.05, 4.69) is 11.4 Å². The van der Waals surface area contributed by atoms with Gasteiger partial charge in [0.25, 0.3) is 5.69 Å². The number of fused-ring (bicyclic) bond motifs is 1. The largest absolute Gasteiger partial charge is 0.335 e. The average Bonchev–Trinajstić information content (AvgIpc) is 2.71. The van der Waals surface area contributed by atoms with E-state index >= 15 is 0 Å². The van der Waals surface area contributed by atoms with Crippen molar-refractivity contribution in [3.8, 4) is 0 Å². The highest BCUT2D eigenvalue weighted by Crippen LogP contribution is 2.28. The third kappa shape index (κ3) is 4.10. The van der Waals surface area contributed by atoms with E-state index in [4.69, 9.17) is 9.98 Å². The Balaban J connectivity index is 1.70. The molecule has 138 valence electrons. The summed E-state index contributed by atoms with van der Waals surface area (Å²) in [7, 11) is 0. The lowest BCUT2D eigenvalue weighted by Crippen LogP contribution is -2.13. The number of para-hydroxylation sites is 1. The van der Waals surface area contributed by atoms with Crippen molar-refractivity contribution in [1.29, 1.82) is 0 Å². The Hall–Kier alpha value is -3.45. The van der Waals surface area contributed by atoms with Crippen molar-refractivity contribution in [3.05, 3.63) is 100 Å². The first kappa shape index (κ1) is 17.9. The molecule has 1 N–H and O–H groups in total. The highest BCUT2D eigenvalue weighted by molar-refractivity contribution is 8.13. The monoisotopic (exact) mass is 388 g/mol. The van der Waals surface area contributed by atoms with Gasteiger partial charge in [0.05, 0.1) is 10.6 Å². The number of aliphatic imine (C=N–C) groups is 2. The van der Waals surface area contributed by atoms with Gasteiger partial charge in [-0.25, -0.2) is 9.98 Å². The number of nitro benzene ring substituents is 1. The quantitative estimate of drug-likeness (QED) is 0.482. The van der Waals surface area contributed by atoms with Gasteiger partial charge in [-0.3, -0.25) is 10.1 Å². The molecule has 3 aromatic rings. The van der Waals surface area contributed by atoms with Crippen LogP contribution in [0.3, 0.4) is 0 Å². The molecule has 4 rings (SSSR count). The number of hydrogen-bond acceptors (Lipinski definition) is 6. The van der Waals surface area contributed by atoms with Crippen LogP contribution in [0.2, 0.25) is 0 Å². The minimum Gasteiger partial charge on any atom is -0.335 e. The average molecular weight is 388 g/mol. The summed E-state index contributed by atoms with van der Waals surface area (Å²) < 4.78 is 0. The van der Waals surface area contributed by atoms with E-state index in [1.165, 1.54) is 12.1 Å². The lowest BCUT2D eigenvalue weighted by molar-refractivity contribution is -0.384. The smallest absolute Gasteiger partial charge is 0.269 e. The van der Waals surface area contributed by atoms with Crippen molar-refractivity contribution in [2.45, 2.75) is 5.75 Å². The van der Waals surface area contributed by atoms with Crippen LogP contribution in [-0.2, 0) is 5.75 Å². The van der Waals surface area contributed by atoms with Gasteiger partial charge in [0.1, 0.15) is 0 Å². The molecule has 1 aliphatic heterocycles. The molecular weight excluding hydrogens is 372 g/mol. The van der Waals surface area contributed by atoms with Crippen LogP contribution in [0.5, 0.6) is 0 Å². The SMILES string of the molecule is O=[N+]([O-])c1ccc(NC2=NC(c3ccccc3)=Nc3ccccc3CS2)cc1.